The van der Waals surface area contributed by atoms with Crippen molar-refractivity contribution >= 4 is 6.03 Å². The second-order valence-corrected chi connectivity index (χ2v) is 6.37. The van der Waals surface area contributed by atoms with Gasteiger partial charge in [-0.1, -0.05) is 18.2 Å². The molecule has 130 valence electrons. The molecule has 1 aliphatic carbocycles. The lowest BCUT2D eigenvalue weighted by atomic mass is 10.0. The van der Waals surface area contributed by atoms with Crippen LogP contribution in [-0.4, -0.2) is 19.2 Å². The van der Waals surface area contributed by atoms with Crippen molar-refractivity contribution in [2.24, 2.45) is 0 Å². The molecule has 2 aromatic carbocycles. The molecule has 0 spiro atoms. The molecule has 2 amide bonds. The van der Waals surface area contributed by atoms with Gasteiger partial charge < -0.3 is 20.1 Å². The van der Waals surface area contributed by atoms with Crippen molar-refractivity contribution in [1.29, 1.82) is 0 Å². The van der Waals surface area contributed by atoms with Gasteiger partial charge in [0, 0.05) is 6.54 Å². The molecule has 0 bridgehead atoms. The van der Waals surface area contributed by atoms with Crippen LogP contribution >= 0.6 is 0 Å². The highest BCUT2D eigenvalue weighted by molar-refractivity contribution is 5.75. The number of urea groups is 1. The van der Waals surface area contributed by atoms with E-state index in [4.69, 9.17) is 9.47 Å². The summed E-state index contributed by atoms with van der Waals surface area (Å²) in [5.74, 6) is 1.18. The first-order chi connectivity index (χ1) is 12.1. The molecule has 25 heavy (non-hydrogen) atoms. The van der Waals surface area contributed by atoms with E-state index in [9.17, 15) is 9.18 Å². The molecule has 1 aliphatic heterocycles. The van der Waals surface area contributed by atoms with Gasteiger partial charge in [0.05, 0.1) is 5.54 Å². The number of rotatable bonds is 4. The van der Waals surface area contributed by atoms with E-state index in [1.807, 2.05) is 18.2 Å². The molecule has 0 saturated heterocycles. The van der Waals surface area contributed by atoms with Crippen molar-refractivity contribution < 1.29 is 18.7 Å². The van der Waals surface area contributed by atoms with Gasteiger partial charge in [-0.3, -0.25) is 0 Å². The first-order valence-corrected chi connectivity index (χ1v) is 8.35. The number of carbonyl (C=O) groups is 1. The molecular weight excluding hydrogens is 323 g/mol. The highest BCUT2D eigenvalue weighted by Gasteiger charge is 2.46. The van der Waals surface area contributed by atoms with Crippen LogP contribution in [0, 0.1) is 5.82 Å². The first-order valence-electron chi connectivity index (χ1n) is 8.35. The Morgan fingerprint density at radius 3 is 2.48 bits per heavy atom. The summed E-state index contributed by atoms with van der Waals surface area (Å²) in [4.78, 5) is 12.2. The summed E-state index contributed by atoms with van der Waals surface area (Å²) in [6.07, 6.45) is 1.77. The maximum atomic E-state index is 12.9. The molecule has 6 heteroatoms. The van der Waals surface area contributed by atoms with Gasteiger partial charge >= 0.3 is 6.03 Å². The maximum absolute atomic E-state index is 12.9. The smallest absolute Gasteiger partial charge is 0.315 e. The molecule has 1 fully saturated rings. The Balaban J connectivity index is 1.39. The molecule has 0 radical (unpaired) electrons. The van der Waals surface area contributed by atoms with Gasteiger partial charge in [-0.15, -0.1) is 0 Å². The largest absolute Gasteiger partial charge is 0.486 e. The fraction of sp³-hybridized carbons (Fsp3) is 0.316. The summed E-state index contributed by atoms with van der Waals surface area (Å²) in [5.41, 5.74) is 1.53. The van der Waals surface area contributed by atoms with Crippen molar-refractivity contribution in [3.8, 4) is 11.5 Å². The lowest BCUT2D eigenvalue weighted by molar-refractivity contribution is 0.171. The zero-order valence-electron chi connectivity index (χ0n) is 13.7. The van der Waals surface area contributed by atoms with Gasteiger partial charge in [-0.2, -0.15) is 0 Å². The summed E-state index contributed by atoms with van der Waals surface area (Å²) >= 11 is 0. The van der Waals surface area contributed by atoms with Crippen LogP contribution in [0.4, 0.5) is 9.18 Å². The monoisotopic (exact) mass is 342 g/mol. The van der Waals surface area contributed by atoms with Gasteiger partial charge in [0.2, 0.25) is 0 Å². The summed E-state index contributed by atoms with van der Waals surface area (Å²) in [6.45, 7) is 1.44. The van der Waals surface area contributed by atoms with Crippen LogP contribution in [0.25, 0.3) is 0 Å². The van der Waals surface area contributed by atoms with Gasteiger partial charge in [-0.25, -0.2) is 9.18 Å². The van der Waals surface area contributed by atoms with Crippen molar-refractivity contribution in [1.82, 2.24) is 10.6 Å². The van der Waals surface area contributed by atoms with Gasteiger partial charge in [0.1, 0.15) is 19.0 Å². The van der Waals surface area contributed by atoms with E-state index in [0.717, 1.165) is 35.5 Å². The van der Waals surface area contributed by atoms with E-state index in [2.05, 4.69) is 10.6 Å². The average molecular weight is 342 g/mol. The highest BCUT2D eigenvalue weighted by atomic mass is 19.1. The van der Waals surface area contributed by atoms with Crippen LogP contribution in [-0.2, 0) is 12.1 Å². The minimum absolute atomic E-state index is 0.239. The third-order valence-electron chi connectivity index (χ3n) is 4.56. The number of amides is 2. The first kappa shape index (κ1) is 15.7. The number of carbonyl (C=O) groups excluding carboxylic acids is 1. The number of benzene rings is 2. The summed E-state index contributed by atoms with van der Waals surface area (Å²) in [7, 11) is 0. The van der Waals surface area contributed by atoms with E-state index < -0.39 is 0 Å². The Labute approximate surface area is 145 Å². The average Bonchev–Trinajstić information content (AvgIpc) is 3.41. The number of nitrogens with one attached hydrogen (secondary N) is 2. The number of ether oxygens (including phenoxy) is 2. The molecule has 2 aromatic rings. The van der Waals surface area contributed by atoms with E-state index in [1.54, 1.807) is 12.1 Å². The number of hydrogen-bond acceptors (Lipinski definition) is 3. The Bertz CT molecular complexity index is 788. The fourth-order valence-electron chi connectivity index (χ4n) is 3.00. The molecule has 0 unspecified atom stereocenters. The Morgan fingerprint density at radius 2 is 1.76 bits per heavy atom. The Hall–Kier alpha value is -2.76. The lowest BCUT2D eigenvalue weighted by Crippen LogP contribution is -2.42. The van der Waals surface area contributed by atoms with Gasteiger partial charge in [0.25, 0.3) is 0 Å². The molecule has 0 aromatic heterocycles. The second kappa shape index (κ2) is 6.27. The van der Waals surface area contributed by atoms with E-state index in [-0.39, 0.29) is 17.4 Å². The van der Waals surface area contributed by atoms with E-state index in [1.165, 1.54) is 12.1 Å². The quantitative estimate of drug-likeness (QED) is 0.898. The van der Waals surface area contributed by atoms with Gasteiger partial charge in [0.15, 0.2) is 11.5 Å². The normalized spacial score (nSPS) is 16.8. The molecular formula is C19H19FN2O3. The number of halogens is 1. The van der Waals surface area contributed by atoms with Crippen LogP contribution in [0.3, 0.4) is 0 Å². The summed E-state index contributed by atoms with van der Waals surface area (Å²) < 4.78 is 24.1. The van der Waals surface area contributed by atoms with E-state index >= 15 is 0 Å². The van der Waals surface area contributed by atoms with Gasteiger partial charge in [-0.05, 0) is 48.2 Å². The van der Waals surface area contributed by atoms with Crippen LogP contribution in [0.15, 0.2) is 42.5 Å². The van der Waals surface area contributed by atoms with Crippen molar-refractivity contribution in [3.05, 3.63) is 59.4 Å². The Morgan fingerprint density at radius 1 is 1.04 bits per heavy atom. The standard InChI is InChI=1S/C19H19FN2O3/c20-15-4-1-13(2-5-15)12-21-18(23)22-19(7-8-19)14-3-6-16-17(11-14)25-10-9-24-16/h1-6,11H,7-10,12H2,(H2,21,22,23). The maximum Gasteiger partial charge on any atom is 0.315 e. The van der Waals surface area contributed by atoms with Crippen molar-refractivity contribution in [2.75, 3.05) is 13.2 Å². The Kier molecular flexibility index (Phi) is 3.95. The highest BCUT2D eigenvalue weighted by Crippen LogP contribution is 2.47. The minimum Gasteiger partial charge on any atom is -0.486 e. The molecule has 2 aliphatic rings. The predicted molar refractivity (Wildman–Crippen MR) is 90.1 cm³/mol. The van der Waals surface area contributed by atoms with Crippen molar-refractivity contribution in [2.45, 2.75) is 24.9 Å². The number of hydrogen-bond donors (Lipinski definition) is 2. The topological polar surface area (TPSA) is 59.6 Å². The van der Waals surface area contributed by atoms with Crippen LogP contribution in [0.5, 0.6) is 11.5 Å². The van der Waals surface area contributed by atoms with Crippen LogP contribution < -0.4 is 20.1 Å². The lowest BCUT2D eigenvalue weighted by Gasteiger charge is -2.23. The molecule has 1 heterocycles. The molecule has 0 atom stereocenters. The van der Waals surface area contributed by atoms with Crippen LogP contribution in [0.1, 0.15) is 24.0 Å². The third kappa shape index (κ3) is 3.38. The second-order valence-electron chi connectivity index (χ2n) is 6.37. The zero-order valence-corrected chi connectivity index (χ0v) is 13.7. The molecule has 5 nitrogen and oxygen atoms in total. The zero-order chi connectivity index (χ0) is 17.3. The SMILES string of the molecule is O=C(NCc1ccc(F)cc1)NC1(c2ccc3c(c2)OCCO3)CC1. The minimum atomic E-state index is -0.345. The van der Waals surface area contributed by atoms with Crippen LogP contribution in [0.2, 0.25) is 0 Å². The summed E-state index contributed by atoms with van der Waals surface area (Å²) in [5, 5.41) is 5.87. The summed E-state index contributed by atoms with van der Waals surface area (Å²) in [6, 6.07) is 11.6. The van der Waals surface area contributed by atoms with E-state index in [0.29, 0.717) is 19.8 Å². The molecule has 4 rings (SSSR count). The fourth-order valence-corrected chi connectivity index (χ4v) is 3.00. The van der Waals surface area contributed by atoms with Crippen molar-refractivity contribution in [3.63, 3.8) is 0 Å². The third-order valence-corrected chi connectivity index (χ3v) is 4.56. The predicted octanol–water partition coefficient (Wildman–Crippen LogP) is 3.09. The molecule has 2 N–H and O–H groups in total. The molecule has 1 saturated carbocycles. The number of fused-ring (bicyclic) bond motifs is 1.